The monoisotopic (exact) mass is 312 g/mol. The summed E-state index contributed by atoms with van der Waals surface area (Å²) in [6.45, 7) is 1.83. The van der Waals surface area contributed by atoms with Gasteiger partial charge in [0.05, 0.1) is 15.6 Å². The fourth-order valence-corrected chi connectivity index (χ4v) is 2.11. The van der Waals surface area contributed by atoms with Crippen molar-refractivity contribution in [3.05, 3.63) is 68.2 Å². The maximum atomic E-state index is 13.6. The first-order valence-corrected chi connectivity index (χ1v) is 6.38. The summed E-state index contributed by atoms with van der Waals surface area (Å²) in [5.41, 5.74) is 0.755. The molecule has 0 aliphatic carbocycles. The number of anilines is 1. The molecule has 0 unspecified atom stereocenters. The third kappa shape index (κ3) is 3.46. The summed E-state index contributed by atoms with van der Waals surface area (Å²) in [7, 11) is 0. The second-order valence-corrected chi connectivity index (χ2v) is 4.90. The maximum Gasteiger partial charge on any atom is 0.305 e. The van der Waals surface area contributed by atoms with Crippen molar-refractivity contribution >= 4 is 23.0 Å². The summed E-state index contributed by atoms with van der Waals surface area (Å²) in [5, 5.41) is 14.0. The Hall–Kier alpha value is -2.21. The van der Waals surface area contributed by atoms with Crippen LogP contribution in [0.3, 0.4) is 0 Å². The number of nitro benzene ring substituents is 1. The Morgan fingerprint density at radius 2 is 1.95 bits per heavy atom. The summed E-state index contributed by atoms with van der Waals surface area (Å²) in [5.74, 6) is -2.05. The normalized spacial score (nSPS) is 10.5. The lowest BCUT2D eigenvalue weighted by molar-refractivity contribution is -0.387. The Morgan fingerprint density at radius 3 is 2.57 bits per heavy atom. The predicted octanol–water partition coefficient (Wildman–Crippen LogP) is 4.45. The molecule has 0 heterocycles. The fraction of sp³-hybridized carbons (Fsp3) is 0.143. The Kier molecular flexibility index (Phi) is 4.37. The number of hydrogen-bond acceptors (Lipinski definition) is 3. The van der Waals surface area contributed by atoms with Gasteiger partial charge in [-0.25, -0.2) is 4.39 Å². The first-order valence-electron chi connectivity index (χ1n) is 6.01. The number of nitrogens with zero attached hydrogens (tertiary/aromatic N) is 1. The number of rotatable bonds is 4. The lowest BCUT2D eigenvalue weighted by Gasteiger charge is -2.10. The van der Waals surface area contributed by atoms with Gasteiger partial charge in [0.15, 0.2) is 0 Å². The van der Waals surface area contributed by atoms with E-state index in [-0.39, 0.29) is 12.1 Å². The van der Waals surface area contributed by atoms with Gasteiger partial charge in [-0.1, -0.05) is 17.7 Å². The molecule has 1 N–H and O–H groups in total. The van der Waals surface area contributed by atoms with Gasteiger partial charge < -0.3 is 5.32 Å². The van der Waals surface area contributed by atoms with Crippen LogP contribution in [0.25, 0.3) is 0 Å². The van der Waals surface area contributed by atoms with Crippen LogP contribution in [-0.2, 0) is 6.54 Å². The molecule has 0 atom stereocenters. The molecule has 0 aliphatic heterocycles. The number of halogens is 3. The van der Waals surface area contributed by atoms with E-state index in [9.17, 15) is 18.9 Å². The summed E-state index contributed by atoms with van der Waals surface area (Å²) in [6, 6.07) is 6.64. The highest BCUT2D eigenvalue weighted by Crippen LogP contribution is 2.25. The lowest BCUT2D eigenvalue weighted by atomic mass is 10.1. The van der Waals surface area contributed by atoms with Crippen molar-refractivity contribution < 1.29 is 13.7 Å². The van der Waals surface area contributed by atoms with Crippen LogP contribution < -0.4 is 5.32 Å². The van der Waals surface area contributed by atoms with E-state index in [4.69, 9.17) is 11.6 Å². The molecule has 2 rings (SSSR count). The molecular formula is C14H11ClF2N2O2. The molecule has 0 bridgehead atoms. The average molecular weight is 313 g/mol. The molecule has 2 aromatic carbocycles. The van der Waals surface area contributed by atoms with E-state index in [2.05, 4.69) is 5.32 Å². The van der Waals surface area contributed by atoms with Crippen LogP contribution >= 0.6 is 11.6 Å². The average Bonchev–Trinajstić information content (AvgIpc) is 2.39. The van der Waals surface area contributed by atoms with E-state index in [0.29, 0.717) is 16.8 Å². The highest BCUT2D eigenvalue weighted by atomic mass is 35.5. The molecule has 0 saturated heterocycles. The molecule has 0 radical (unpaired) electrons. The first kappa shape index (κ1) is 15.2. The molecule has 0 aliphatic rings. The van der Waals surface area contributed by atoms with Crippen molar-refractivity contribution in [2.24, 2.45) is 0 Å². The lowest BCUT2D eigenvalue weighted by Crippen LogP contribution is -2.05. The second-order valence-electron chi connectivity index (χ2n) is 4.49. The van der Waals surface area contributed by atoms with E-state index in [1.54, 1.807) is 12.1 Å². The zero-order valence-electron chi connectivity index (χ0n) is 11.0. The summed E-state index contributed by atoms with van der Waals surface area (Å²) in [4.78, 5) is 9.76. The van der Waals surface area contributed by atoms with Crippen LogP contribution in [0, 0.1) is 28.7 Å². The van der Waals surface area contributed by atoms with Gasteiger partial charge in [-0.2, -0.15) is 4.39 Å². The molecule has 7 heteroatoms. The molecule has 0 fully saturated rings. The molecule has 4 nitrogen and oxygen atoms in total. The molecule has 0 amide bonds. The summed E-state index contributed by atoms with van der Waals surface area (Å²) >= 11 is 6.02. The van der Waals surface area contributed by atoms with Crippen molar-refractivity contribution in [1.29, 1.82) is 0 Å². The van der Waals surface area contributed by atoms with E-state index in [1.165, 1.54) is 0 Å². The third-order valence-corrected chi connectivity index (χ3v) is 3.22. The topological polar surface area (TPSA) is 55.2 Å². The molecule has 110 valence electrons. The van der Waals surface area contributed by atoms with E-state index in [0.717, 1.165) is 11.6 Å². The standard InChI is InChI=1S/C14H11ClF2N2O2/c1-8-2-3-13(10(15)4-8)18-7-9-5-14(19(20)21)12(17)6-11(9)16/h2-6,18H,7H2,1H3. The number of nitrogens with one attached hydrogen (secondary N) is 1. The fourth-order valence-electron chi connectivity index (χ4n) is 1.81. The van der Waals surface area contributed by atoms with Crippen molar-refractivity contribution in [2.45, 2.75) is 13.5 Å². The maximum absolute atomic E-state index is 13.6. The van der Waals surface area contributed by atoms with Gasteiger partial charge in [0.25, 0.3) is 0 Å². The van der Waals surface area contributed by atoms with Gasteiger partial charge in [-0.05, 0) is 24.6 Å². The zero-order valence-corrected chi connectivity index (χ0v) is 11.7. The van der Waals surface area contributed by atoms with Gasteiger partial charge >= 0.3 is 5.69 Å². The van der Waals surface area contributed by atoms with Gasteiger partial charge in [0.2, 0.25) is 5.82 Å². The van der Waals surface area contributed by atoms with Crippen LogP contribution in [0.4, 0.5) is 20.2 Å². The summed E-state index contributed by atoms with van der Waals surface area (Å²) in [6.07, 6.45) is 0. The highest BCUT2D eigenvalue weighted by Gasteiger charge is 2.18. The smallest absolute Gasteiger partial charge is 0.305 e. The van der Waals surface area contributed by atoms with E-state index >= 15 is 0 Å². The first-order chi connectivity index (χ1) is 9.88. The highest BCUT2D eigenvalue weighted by molar-refractivity contribution is 6.33. The second kappa shape index (κ2) is 6.05. The van der Waals surface area contributed by atoms with Crippen LogP contribution in [0.2, 0.25) is 5.02 Å². The quantitative estimate of drug-likeness (QED) is 0.670. The number of nitro groups is 1. The largest absolute Gasteiger partial charge is 0.380 e. The van der Waals surface area contributed by atoms with Crippen LogP contribution in [0.5, 0.6) is 0 Å². The van der Waals surface area contributed by atoms with Crippen LogP contribution in [0.1, 0.15) is 11.1 Å². The molecule has 0 spiro atoms. The predicted molar refractivity (Wildman–Crippen MR) is 76.5 cm³/mol. The number of benzene rings is 2. The van der Waals surface area contributed by atoms with E-state index < -0.39 is 22.2 Å². The van der Waals surface area contributed by atoms with Gasteiger partial charge in [0, 0.05) is 24.2 Å². The van der Waals surface area contributed by atoms with E-state index in [1.807, 2.05) is 13.0 Å². The minimum Gasteiger partial charge on any atom is -0.380 e. The van der Waals surface area contributed by atoms with Gasteiger partial charge in [-0.3, -0.25) is 10.1 Å². The van der Waals surface area contributed by atoms with Gasteiger partial charge in [0.1, 0.15) is 5.82 Å². The Bertz CT molecular complexity index is 708. The van der Waals surface area contributed by atoms with Crippen molar-refractivity contribution in [1.82, 2.24) is 0 Å². The zero-order chi connectivity index (χ0) is 15.6. The van der Waals surface area contributed by atoms with Crippen molar-refractivity contribution in [2.75, 3.05) is 5.32 Å². The Balaban J connectivity index is 2.23. The molecular weight excluding hydrogens is 302 g/mol. The molecule has 21 heavy (non-hydrogen) atoms. The third-order valence-electron chi connectivity index (χ3n) is 2.91. The van der Waals surface area contributed by atoms with Crippen molar-refractivity contribution in [3.63, 3.8) is 0 Å². The molecule has 2 aromatic rings. The van der Waals surface area contributed by atoms with Gasteiger partial charge in [-0.15, -0.1) is 0 Å². The van der Waals surface area contributed by atoms with Crippen molar-refractivity contribution in [3.8, 4) is 0 Å². The number of hydrogen-bond donors (Lipinski definition) is 1. The minimum absolute atomic E-state index is 0.0141. The molecule has 0 aromatic heterocycles. The Labute approximate surface area is 124 Å². The Morgan fingerprint density at radius 1 is 1.24 bits per heavy atom. The SMILES string of the molecule is Cc1ccc(NCc2cc([N+](=O)[O-])c(F)cc2F)c(Cl)c1. The summed E-state index contributed by atoms with van der Waals surface area (Å²) < 4.78 is 26.9. The van der Waals surface area contributed by atoms with Crippen LogP contribution in [0.15, 0.2) is 30.3 Å². The van der Waals surface area contributed by atoms with Crippen LogP contribution in [-0.4, -0.2) is 4.92 Å². The number of aryl methyl sites for hydroxylation is 1. The molecule has 0 saturated carbocycles. The minimum atomic E-state index is -1.20.